The van der Waals surface area contributed by atoms with Crippen molar-refractivity contribution in [2.75, 3.05) is 7.11 Å². The van der Waals surface area contributed by atoms with Crippen LogP contribution in [-0.4, -0.2) is 30.9 Å². The Hall–Kier alpha value is -1.89. The van der Waals surface area contributed by atoms with Crippen molar-refractivity contribution >= 4 is 29.1 Å². The number of primary amides is 1. The van der Waals surface area contributed by atoms with Crippen LogP contribution in [0.5, 0.6) is 0 Å². The first kappa shape index (κ1) is 14.2. The van der Waals surface area contributed by atoms with Crippen molar-refractivity contribution in [1.82, 2.24) is 5.32 Å². The molecule has 0 radical (unpaired) electrons. The highest BCUT2D eigenvalue weighted by Crippen LogP contribution is 2.18. The number of amides is 2. The molecule has 0 saturated heterocycles. The van der Waals surface area contributed by atoms with E-state index >= 15 is 0 Å². The maximum Gasteiger partial charge on any atom is 0.328 e. The van der Waals surface area contributed by atoms with Gasteiger partial charge in [-0.05, 0) is 12.1 Å². The van der Waals surface area contributed by atoms with Crippen LogP contribution in [0.25, 0.3) is 0 Å². The molecule has 2 amide bonds. The maximum absolute atomic E-state index is 11.5. The van der Waals surface area contributed by atoms with Gasteiger partial charge in [0.1, 0.15) is 6.04 Å². The zero-order chi connectivity index (χ0) is 13.7. The Labute approximate surface area is 108 Å². The Morgan fingerprint density at radius 1 is 1.44 bits per heavy atom. The zero-order valence-corrected chi connectivity index (χ0v) is 10.9. The quantitative estimate of drug-likeness (QED) is 0.739. The second kappa shape index (κ2) is 6.15. The zero-order valence-electron chi connectivity index (χ0n) is 10.1. The van der Waals surface area contributed by atoms with Crippen LogP contribution in [0.15, 0.2) is 12.1 Å². The van der Waals surface area contributed by atoms with Crippen LogP contribution in [0.4, 0.5) is 0 Å². The number of rotatable bonds is 5. The topological polar surface area (TPSA) is 98.5 Å². The average Bonchev–Trinajstić information content (AvgIpc) is 2.75. The first-order chi connectivity index (χ1) is 8.43. The van der Waals surface area contributed by atoms with Gasteiger partial charge in [-0.25, -0.2) is 4.79 Å². The molecule has 0 unspecified atom stereocenters. The fourth-order valence-electron chi connectivity index (χ4n) is 1.40. The van der Waals surface area contributed by atoms with E-state index < -0.39 is 17.9 Å². The van der Waals surface area contributed by atoms with Gasteiger partial charge in [0.15, 0.2) is 0 Å². The molecule has 18 heavy (non-hydrogen) atoms. The van der Waals surface area contributed by atoms with E-state index in [-0.39, 0.29) is 12.3 Å². The van der Waals surface area contributed by atoms with Crippen LogP contribution < -0.4 is 11.1 Å². The predicted molar refractivity (Wildman–Crippen MR) is 66.2 cm³/mol. The van der Waals surface area contributed by atoms with Crippen molar-refractivity contribution in [2.24, 2.45) is 5.73 Å². The molecule has 1 rings (SSSR count). The summed E-state index contributed by atoms with van der Waals surface area (Å²) in [7, 11) is 1.25. The summed E-state index contributed by atoms with van der Waals surface area (Å²) in [6, 6.07) is 2.53. The molecule has 1 aromatic rings. The van der Waals surface area contributed by atoms with Gasteiger partial charge >= 0.3 is 5.97 Å². The fourth-order valence-corrected chi connectivity index (χ4v) is 2.31. The maximum atomic E-state index is 11.5. The lowest BCUT2D eigenvalue weighted by molar-refractivity contribution is -0.144. The van der Waals surface area contributed by atoms with Gasteiger partial charge in [0.25, 0.3) is 5.91 Å². The number of ether oxygens (including phenoxy) is 1. The number of methoxy groups -OCH3 is 1. The van der Waals surface area contributed by atoms with Crippen molar-refractivity contribution in [3.8, 4) is 0 Å². The van der Waals surface area contributed by atoms with Crippen molar-refractivity contribution in [3.05, 3.63) is 21.9 Å². The van der Waals surface area contributed by atoms with Crippen LogP contribution in [0.3, 0.4) is 0 Å². The Kier molecular flexibility index (Phi) is 4.85. The Morgan fingerprint density at radius 3 is 2.56 bits per heavy atom. The lowest BCUT2D eigenvalue weighted by Crippen LogP contribution is -2.41. The Morgan fingerprint density at radius 2 is 2.11 bits per heavy atom. The van der Waals surface area contributed by atoms with Crippen LogP contribution in [0.1, 0.15) is 21.5 Å². The molecule has 0 aliphatic rings. The molecule has 0 fully saturated rings. The molecule has 1 atom stereocenters. The van der Waals surface area contributed by atoms with E-state index in [9.17, 15) is 14.4 Å². The molecule has 0 spiro atoms. The van der Waals surface area contributed by atoms with E-state index in [1.54, 1.807) is 12.1 Å². The summed E-state index contributed by atoms with van der Waals surface area (Å²) in [5.41, 5.74) is 5.13. The lowest BCUT2D eigenvalue weighted by Gasteiger charge is -2.14. The Bertz CT molecular complexity index is 469. The van der Waals surface area contributed by atoms with Crippen molar-refractivity contribution < 1.29 is 19.1 Å². The Balaban J connectivity index is 2.78. The standard InChI is InChI=1S/C11H14N2O4S/c1-6(14)13-8(11(16)17-2)5-7-3-4-9(18-7)10(12)15/h3-4,8H,5H2,1-2H3,(H2,12,15)(H,13,14)/t8-/m0/s1. The first-order valence-electron chi connectivity index (χ1n) is 5.17. The van der Waals surface area contributed by atoms with Gasteiger partial charge in [-0.2, -0.15) is 0 Å². The molecule has 1 aromatic heterocycles. The number of nitrogens with two attached hydrogens (primary N) is 1. The summed E-state index contributed by atoms with van der Waals surface area (Å²) in [5.74, 6) is -1.36. The van der Waals surface area contributed by atoms with Gasteiger partial charge in [0.05, 0.1) is 12.0 Å². The smallest absolute Gasteiger partial charge is 0.328 e. The molecular formula is C11H14N2O4S. The third-order valence-electron chi connectivity index (χ3n) is 2.17. The molecule has 7 heteroatoms. The van der Waals surface area contributed by atoms with E-state index in [1.165, 1.54) is 25.4 Å². The van der Waals surface area contributed by atoms with Crippen molar-refractivity contribution in [2.45, 2.75) is 19.4 Å². The summed E-state index contributed by atoms with van der Waals surface area (Å²) in [4.78, 5) is 34.6. The van der Waals surface area contributed by atoms with Gasteiger partial charge in [-0.1, -0.05) is 0 Å². The van der Waals surface area contributed by atoms with Gasteiger partial charge in [0, 0.05) is 18.2 Å². The van der Waals surface area contributed by atoms with E-state index in [4.69, 9.17) is 5.73 Å². The van der Waals surface area contributed by atoms with E-state index in [0.29, 0.717) is 4.88 Å². The number of esters is 1. The van der Waals surface area contributed by atoms with E-state index in [2.05, 4.69) is 10.1 Å². The second-order valence-corrected chi connectivity index (χ2v) is 4.78. The predicted octanol–water partition coefficient (Wildman–Crippen LogP) is 0.0672. The first-order valence-corrected chi connectivity index (χ1v) is 5.99. The number of carbonyl (C=O) groups excluding carboxylic acids is 3. The molecule has 1 heterocycles. The van der Waals surface area contributed by atoms with Gasteiger partial charge in [0.2, 0.25) is 5.91 Å². The van der Waals surface area contributed by atoms with Crippen molar-refractivity contribution in [3.63, 3.8) is 0 Å². The third-order valence-corrected chi connectivity index (χ3v) is 3.30. The largest absolute Gasteiger partial charge is 0.467 e. The second-order valence-electron chi connectivity index (χ2n) is 3.61. The third kappa shape index (κ3) is 3.85. The van der Waals surface area contributed by atoms with Crippen LogP contribution in [-0.2, 0) is 20.7 Å². The van der Waals surface area contributed by atoms with E-state index in [1.807, 2.05) is 0 Å². The highest BCUT2D eigenvalue weighted by molar-refractivity contribution is 7.14. The summed E-state index contributed by atoms with van der Waals surface area (Å²) in [6.07, 6.45) is 0.268. The minimum atomic E-state index is -0.758. The highest BCUT2D eigenvalue weighted by Gasteiger charge is 2.21. The molecular weight excluding hydrogens is 256 g/mol. The number of hydrogen-bond acceptors (Lipinski definition) is 5. The molecule has 3 N–H and O–H groups in total. The SMILES string of the molecule is COC(=O)[C@H](Cc1ccc(C(N)=O)s1)NC(C)=O. The summed E-state index contributed by atoms with van der Waals surface area (Å²) < 4.78 is 4.60. The minimum absolute atomic E-state index is 0.268. The molecule has 0 saturated carbocycles. The van der Waals surface area contributed by atoms with Crippen LogP contribution in [0.2, 0.25) is 0 Å². The molecule has 0 aliphatic heterocycles. The molecule has 0 aliphatic carbocycles. The number of carbonyl (C=O) groups is 3. The molecule has 0 bridgehead atoms. The monoisotopic (exact) mass is 270 g/mol. The normalized spacial score (nSPS) is 11.7. The minimum Gasteiger partial charge on any atom is -0.467 e. The summed E-state index contributed by atoms with van der Waals surface area (Å²) >= 11 is 1.19. The summed E-state index contributed by atoms with van der Waals surface area (Å²) in [6.45, 7) is 1.32. The lowest BCUT2D eigenvalue weighted by atomic mass is 10.2. The number of nitrogens with one attached hydrogen (secondary N) is 1. The van der Waals surface area contributed by atoms with E-state index in [0.717, 1.165) is 4.88 Å². The van der Waals surface area contributed by atoms with Gasteiger partial charge < -0.3 is 15.8 Å². The molecule has 98 valence electrons. The van der Waals surface area contributed by atoms with Gasteiger partial charge in [-0.15, -0.1) is 11.3 Å². The summed E-state index contributed by atoms with van der Waals surface area (Å²) in [5, 5.41) is 2.49. The number of thiophene rings is 1. The van der Waals surface area contributed by atoms with Crippen LogP contribution >= 0.6 is 11.3 Å². The highest BCUT2D eigenvalue weighted by atomic mass is 32.1. The molecule has 0 aromatic carbocycles. The van der Waals surface area contributed by atoms with Crippen molar-refractivity contribution in [1.29, 1.82) is 0 Å². The molecule has 6 nitrogen and oxygen atoms in total. The number of hydrogen-bond donors (Lipinski definition) is 2. The van der Waals surface area contributed by atoms with Crippen LogP contribution in [0, 0.1) is 0 Å². The fraction of sp³-hybridized carbons (Fsp3) is 0.364. The van der Waals surface area contributed by atoms with Gasteiger partial charge in [-0.3, -0.25) is 9.59 Å². The average molecular weight is 270 g/mol.